The van der Waals surface area contributed by atoms with Crippen molar-refractivity contribution in [2.24, 2.45) is 0 Å². The number of halogens is 3. The van der Waals surface area contributed by atoms with Crippen molar-refractivity contribution in [3.05, 3.63) is 47.6 Å². The van der Waals surface area contributed by atoms with Crippen molar-refractivity contribution in [3.8, 4) is 0 Å². The van der Waals surface area contributed by atoms with E-state index in [9.17, 15) is 18.0 Å². The van der Waals surface area contributed by atoms with Crippen LogP contribution in [0.3, 0.4) is 0 Å². The Balaban J connectivity index is 1.70. The van der Waals surface area contributed by atoms with Crippen molar-refractivity contribution in [1.29, 1.82) is 0 Å². The van der Waals surface area contributed by atoms with E-state index in [-0.39, 0.29) is 11.8 Å². The lowest BCUT2D eigenvalue weighted by Gasteiger charge is -2.39. The standard InChI is InChI=1S/C19H22F3N3O4/c1-27-15(13-6-4-3-5-7-13)16(26)25-10-8-18(28-2,9-11-25)17-23-14(24-29-17)12-19(20,21)22/h3-7,15H,8-12H2,1-2H3. The van der Waals surface area contributed by atoms with Gasteiger partial charge >= 0.3 is 6.18 Å². The molecular formula is C19H22F3N3O4. The van der Waals surface area contributed by atoms with E-state index in [1.807, 2.05) is 30.3 Å². The summed E-state index contributed by atoms with van der Waals surface area (Å²) in [5.74, 6) is -0.629. The summed E-state index contributed by atoms with van der Waals surface area (Å²) in [4.78, 5) is 18.4. The minimum Gasteiger partial charge on any atom is -0.368 e. The number of nitrogens with zero attached hydrogens (tertiary/aromatic N) is 3. The normalized spacial score (nSPS) is 17.9. The average Bonchev–Trinajstić information content (AvgIpc) is 3.16. The van der Waals surface area contributed by atoms with Crippen molar-refractivity contribution in [2.75, 3.05) is 27.3 Å². The van der Waals surface area contributed by atoms with Gasteiger partial charge in [0.2, 0.25) is 0 Å². The van der Waals surface area contributed by atoms with Gasteiger partial charge < -0.3 is 18.9 Å². The summed E-state index contributed by atoms with van der Waals surface area (Å²) < 4.78 is 53.7. The summed E-state index contributed by atoms with van der Waals surface area (Å²) in [5.41, 5.74) is -0.277. The number of piperidine rings is 1. The Kier molecular flexibility index (Phi) is 6.23. The van der Waals surface area contributed by atoms with Crippen LogP contribution in [0.15, 0.2) is 34.9 Å². The molecule has 1 aromatic heterocycles. The summed E-state index contributed by atoms with van der Waals surface area (Å²) in [7, 11) is 2.91. The molecule has 10 heteroatoms. The highest BCUT2D eigenvalue weighted by Crippen LogP contribution is 2.36. The summed E-state index contributed by atoms with van der Waals surface area (Å²) in [5, 5.41) is 3.42. The van der Waals surface area contributed by atoms with Crippen LogP contribution in [0.25, 0.3) is 0 Å². The van der Waals surface area contributed by atoms with E-state index in [1.165, 1.54) is 14.2 Å². The molecule has 0 aliphatic carbocycles. The van der Waals surface area contributed by atoms with Gasteiger partial charge in [-0.05, 0) is 5.56 Å². The maximum Gasteiger partial charge on any atom is 0.396 e. The number of alkyl halides is 3. The number of carbonyl (C=O) groups is 1. The molecule has 1 amide bonds. The lowest BCUT2D eigenvalue weighted by molar-refractivity contribution is -0.149. The van der Waals surface area contributed by atoms with Crippen LogP contribution in [0, 0.1) is 0 Å². The van der Waals surface area contributed by atoms with Gasteiger partial charge in [-0.15, -0.1) is 0 Å². The molecule has 7 nitrogen and oxygen atoms in total. The SMILES string of the molecule is COC(C(=O)N1CCC(OC)(c2nc(CC(F)(F)F)no2)CC1)c1ccccc1. The number of amides is 1. The van der Waals surface area contributed by atoms with E-state index in [4.69, 9.17) is 14.0 Å². The molecule has 1 unspecified atom stereocenters. The number of benzene rings is 1. The molecule has 1 aromatic carbocycles. The second kappa shape index (κ2) is 8.50. The van der Waals surface area contributed by atoms with Gasteiger partial charge in [-0.3, -0.25) is 4.79 Å². The van der Waals surface area contributed by atoms with Crippen molar-refractivity contribution in [1.82, 2.24) is 15.0 Å². The second-order valence-corrected chi connectivity index (χ2v) is 6.86. The molecule has 2 aromatic rings. The highest BCUT2D eigenvalue weighted by molar-refractivity contribution is 5.82. The van der Waals surface area contributed by atoms with Crippen LogP contribution in [0.5, 0.6) is 0 Å². The third-order valence-electron chi connectivity index (χ3n) is 5.05. The Morgan fingerprint density at radius 3 is 2.45 bits per heavy atom. The lowest BCUT2D eigenvalue weighted by atomic mass is 9.90. The van der Waals surface area contributed by atoms with Crippen LogP contribution in [-0.2, 0) is 26.3 Å². The van der Waals surface area contributed by atoms with E-state index in [1.54, 1.807) is 4.90 Å². The van der Waals surface area contributed by atoms with Gasteiger partial charge in [-0.1, -0.05) is 35.5 Å². The maximum absolute atomic E-state index is 12.9. The third-order valence-corrected chi connectivity index (χ3v) is 5.05. The fraction of sp³-hybridized carbons (Fsp3) is 0.526. The Hall–Kier alpha value is -2.46. The van der Waals surface area contributed by atoms with Crippen LogP contribution in [0.1, 0.15) is 36.2 Å². The topological polar surface area (TPSA) is 77.7 Å². The predicted molar refractivity (Wildman–Crippen MR) is 94.8 cm³/mol. The van der Waals surface area contributed by atoms with Crippen LogP contribution in [-0.4, -0.2) is 54.4 Å². The molecule has 0 saturated carbocycles. The average molecular weight is 413 g/mol. The minimum absolute atomic E-state index is 0.00213. The first-order valence-electron chi connectivity index (χ1n) is 9.09. The van der Waals surface area contributed by atoms with Gasteiger partial charge in [0.25, 0.3) is 11.8 Å². The van der Waals surface area contributed by atoms with Gasteiger partial charge in [0.1, 0.15) is 12.0 Å². The molecule has 1 saturated heterocycles. The molecule has 1 aliphatic rings. The number of carbonyl (C=O) groups excluding carboxylic acids is 1. The molecule has 1 fully saturated rings. The molecule has 2 heterocycles. The van der Waals surface area contributed by atoms with Crippen LogP contribution < -0.4 is 0 Å². The summed E-state index contributed by atoms with van der Waals surface area (Å²) in [6.07, 6.45) is -5.80. The maximum atomic E-state index is 12.9. The fourth-order valence-electron chi connectivity index (χ4n) is 3.46. The number of hydrogen-bond acceptors (Lipinski definition) is 6. The van der Waals surface area contributed by atoms with Crippen LogP contribution in [0.4, 0.5) is 13.2 Å². The zero-order valence-corrected chi connectivity index (χ0v) is 16.1. The first-order chi connectivity index (χ1) is 13.8. The van der Waals surface area contributed by atoms with E-state index < -0.39 is 30.1 Å². The highest BCUT2D eigenvalue weighted by atomic mass is 19.4. The number of methoxy groups -OCH3 is 2. The molecule has 1 aliphatic heterocycles. The van der Waals surface area contributed by atoms with E-state index in [0.29, 0.717) is 25.9 Å². The van der Waals surface area contributed by atoms with Crippen molar-refractivity contribution in [2.45, 2.75) is 37.1 Å². The second-order valence-electron chi connectivity index (χ2n) is 6.86. The largest absolute Gasteiger partial charge is 0.396 e. The number of ether oxygens (including phenoxy) is 2. The Labute approximate surface area is 165 Å². The molecule has 3 rings (SSSR count). The van der Waals surface area contributed by atoms with Gasteiger partial charge in [0.05, 0.1) is 0 Å². The van der Waals surface area contributed by atoms with Crippen molar-refractivity contribution >= 4 is 5.91 Å². The van der Waals surface area contributed by atoms with E-state index in [0.717, 1.165) is 5.56 Å². The Morgan fingerprint density at radius 2 is 1.90 bits per heavy atom. The lowest BCUT2D eigenvalue weighted by Crippen LogP contribution is -2.47. The molecule has 0 bridgehead atoms. The zero-order valence-electron chi connectivity index (χ0n) is 16.1. The summed E-state index contributed by atoms with van der Waals surface area (Å²) in [6.45, 7) is 0.632. The van der Waals surface area contributed by atoms with Gasteiger partial charge in [-0.25, -0.2) is 0 Å². The summed E-state index contributed by atoms with van der Waals surface area (Å²) >= 11 is 0. The van der Waals surface area contributed by atoms with Gasteiger partial charge in [-0.2, -0.15) is 18.2 Å². The Morgan fingerprint density at radius 1 is 1.24 bits per heavy atom. The molecule has 0 spiro atoms. The minimum atomic E-state index is -4.43. The number of hydrogen-bond donors (Lipinski definition) is 0. The zero-order chi connectivity index (χ0) is 21.1. The third kappa shape index (κ3) is 4.76. The first-order valence-corrected chi connectivity index (χ1v) is 9.09. The van der Waals surface area contributed by atoms with Crippen LogP contribution >= 0.6 is 0 Å². The van der Waals surface area contributed by atoms with Crippen molar-refractivity contribution in [3.63, 3.8) is 0 Å². The molecule has 158 valence electrons. The fourth-order valence-corrected chi connectivity index (χ4v) is 3.46. The van der Waals surface area contributed by atoms with E-state index in [2.05, 4.69) is 10.1 Å². The quantitative estimate of drug-likeness (QED) is 0.725. The first kappa shape index (κ1) is 21.3. The smallest absolute Gasteiger partial charge is 0.368 e. The van der Waals surface area contributed by atoms with Gasteiger partial charge in [0.15, 0.2) is 11.9 Å². The van der Waals surface area contributed by atoms with Crippen LogP contribution in [0.2, 0.25) is 0 Å². The summed E-state index contributed by atoms with van der Waals surface area (Å²) in [6, 6.07) is 9.14. The monoisotopic (exact) mass is 413 g/mol. The molecular weight excluding hydrogens is 391 g/mol. The molecule has 0 radical (unpaired) electrons. The number of rotatable bonds is 6. The Bertz CT molecular complexity index is 818. The van der Waals surface area contributed by atoms with E-state index >= 15 is 0 Å². The number of aromatic nitrogens is 2. The van der Waals surface area contributed by atoms with Crippen molar-refractivity contribution < 1.29 is 32.0 Å². The highest BCUT2D eigenvalue weighted by Gasteiger charge is 2.44. The molecule has 1 atom stereocenters. The number of likely N-dealkylation sites (tertiary alicyclic amines) is 1. The molecule has 29 heavy (non-hydrogen) atoms. The predicted octanol–water partition coefficient (Wildman–Crippen LogP) is 3.03. The van der Waals surface area contributed by atoms with Gasteiger partial charge in [0, 0.05) is 40.2 Å². The molecule has 0 N–H and O–H groups in total.